The van der Waals surface area contributed by atoms with E-state index in [1.54, 1.807) is 13.3 Å². The molecule has 0 radical (unpaired) electrons. The number of nitrogens with one attached hydrogen (secondary N) is 1. The Morgan fingerprint density at radius 2 is 2.08 bits per heavy atom. The van der Waals surface area contributed by atoms with Gasteiger partial charge in [0.2, 0.25) is 0 Å². The first-order valence-electron chi connectivity index (χ1n) is 8.42. The van der Waals surface area contributed by atoms with Crippen molar-refractivity contribution in [3.05, 3.63) is 65.6 Å². The van der Waals surface area contributed by atoms with E-state index < -0.39 is 0 Å². The molecule has 1 aromatic carbocycles. The van der Waals surface area contributed by atoms with E-state index in [9.17, 15) is 4.79 Å². The van der Waals surface area contributed by atoms with Crippen molar-refractivity contribution in [2.75, 3.05) is 7.11 Å². The van der Waals surface area contributed by atoms with E-state index in [2.05, 4.69) is 15.2 Å². The van der Waals surface area contributed by atoms with Crippen LogP contribution in [-0.2, 0) is 12.8 Å². The van der Waals surface area contributed by atoms with Crippen molar-refractivity contribution < 1.29 is 9.53 Å². The van der Waals surface area contributed by atoms with Gasteiger partial charge < -0.3 is 4.74 Å². The first-order chi connectivity index (χ1) is 12.3. The molecule has 5 nitrogen and oxygen atoms in total. The van der Waals surface area contributed by atoms with Crippen molar-refractivity contribution in [2.45, 2.75) is 19.3 Å². The van der Waals surface area contributed by atoms with Gasteiger partial charge in [-0.3, -0.25) is 14.9 Å². The summed E-state index contributed by atoms with van der Waals surface area (Å²) in [7, 11) is 1.65. The highest BCUT2D eigenvalue weighted by Gasteiger charge is 2.33. The molecule has 0 saturated carbocycles. The Bertz CT molecular complexity index is 903. The topological polar surface area (TPSA) is 67.9 Å². The fourth-order valence-corrected chi connectivity index (χ4v) is 3.55. The molecule has 3 aromatic rings. The lowest BCUT2D eigenvalue weighted by molar-refractivity contribution is 0.0931. The summed E-state index contributed by atoms with van der Waals surface area (Å²) in [6.07, 6.45) is 5.84. The lowest BCUT2D eigenvalue weighted by Crippen LogP contribution is -2.10. The molecule has 0 saturated heterocycles. The zero-order valence-corrected chi connectivity index (χ0v) is 14.0. The van der Waals surface area contributed by atoms with Crippen LogP contribution in [0.3, 0.4) is 0 Å². The van der Waals surface area contributed by atoms with Crippen LogP contribution in [0, 0.1) is 5.92 Å². The SMILES string of the molecule is COc1ccccc1-c1nccc2c1CC(CCc1cc[nH]n1)C2=O. The Labute approximate surface area is 146 Å². The van der Waals surface area contributed by atoms with Gasteiger partial charge in [0.15, 0.2) is 5.78 Å². The molecular formula is C20H19N3O2. The number of aromatic amines is 1. The second-order valence-electron chi connectivity index (χ2n) is 6.26. The van der Waals surface area contributed by atoms with E-state index in [4.69, 9.17) is 4.74 Å². The van der Waals surface area contributed by atoms with Crippen LogP contribution in [0.25, 0.3) is 11.3 Å². The van der Waals surface area contributed by atoms with Gasteiger partial charge in [-0.1, -0.05) is 12.1 Å². The summed E-state index contributed by atoms with van der Waals surface area (Å²) in [6.45, 7) is 0. The second-order valence-corrected chi connectivity index (χ2v) is 6.26. The molecule has 1 unspecified atom stereocenters. The molecule has 126 valence electrons. The fourth-order valence-electron chi connectivity index (χ4n) is 3.55. The van der Waals surface area contributed by atoms with E-state index in [0.717, 1.165) is 53.1 Å². The molecule has 5 heteroatoms. The summed E-state index contributed by atoms with van der Waals surface area (Å²) in [4.78, 5) is 17.4. The number of pyridine rings is 1. The number of para-hydroxylation sites is 1. The van der Waals surface area contributed by atoms with E-state index in [-0.39, 0.29) is 11.7 Å². The number of H-pyrrole nitrogens is 1. The van der Waals surface area contributed by atoms with Gasteiger partial charge >= 0.3 is 0 Å². The van der Waals surface area contributed by atoms with E-state index in [1.165, 1.54) is 0 Å². The Morgan fingerprint density at radius 1 is 1.20 bits per heavy atom. The molecule has 1 aliphatic carbocycles. The van der Waals surface area contributed by atoms with Crippen molar-refractivity contribution in [3.63, 3.8) is 0 Å². The van der Waals surface area contributed by atoms with Gasteiger partial charge in [0.05, 0.1) is 18.5 Å². The third-order valence-electron chi connectivity index (χ3n) is 4.81. The molecule has 1 atom stereocenters. The van der Waals surface area contributed by atoms with Crippen molar-refractivity contribution in [1.29, 1.82) is 0 Å². The predicted molar refractivity (Wildman–Crippen MR) is 94.7 cm³/mol. The highest BCUT2D eigenvalue weighted by atomic mass is 16.5. The molecule has 4 rings (SSSR count). The van der Waals surface area contributed by atoms with Gasteiger partial charge in [0.25, 0.3) is 0 Å². The van der Waals surface area contributed by atoms with Crippen LogP contribution in [-0.4, -0.2) is 28.1 Å². The second kappa shape index (κ2) is 6.51. The number of ketones is 1. The Hall–Kier alpha value is -2.95. The molecular weight excluding hydrogens is 314 g/mol. The zero-order chi connectivity index (χ0) is 17.2. The average Bonchev–Trinajstić information content (AvgIpc) is 3.28. The standard InChI is InChI=1S/C20H19N3O2/c1-25-18-5-3-2-4-16(18)19-17-12-13(6-7-14-8-11-22-23-14)20(24)15(17)9-10-21-19/h2-5,8-11,13H,6-7,12H2,1H3,(H,22,23). The van der Waals surface area contributed by atoms with Crippen LogP contribution in [0.2, 0.25) is 0 Å². The molecule has 0 spiro atoms. The van der Waals surface area contributed by atoms with Gasteiger partial charge in [-0.25, -0.2) is 0 Å². The van der Waals surface area contributed by atoms with E-state index in [1.807, 2.05) is 42.6 Å². The number of carbonyl (C=O) groups excluding carboxylic acids is 1. The van der Waals surface area contributed by atoms with Crippen LogP contribution >= 0.6 is 0 Å². The number of aromatic nitrogens is 3. The van der Waals surface area contributed by atoms with Gasteiger partial charge in [0, 0.05) is 29.4 Å². The minimum Gasteiger partial charge on any atom is -0.496 e. The molecule has 0 amide bonds. The van der Waals surface area contributed by atoms with Gasteiger partial charge in [-0.2, -0.15) is 5.10 Å². The van der Waals surface area contributed by atoms with Gasteiger partial charge in [-0.05, 0) is 49.1 Å². The van der Waals surface area contributed by atoms with Gasteiger partial charge in [0.1, 0.15) is 5.75 Å². The normalized spacial score (nSPS) is 16.0. The number of nitrogens with zero attached hydrogens (tertiary/aromatic N) is 2. The summed E-state index contributed by atoms with van der Waals surface area (Å²) >= 11 is 0. The lowest BCUT2D eigenvalue weighted by atomic mass is 9.97. The predicted octanol–water partition coefficient (Wildman–Crippen LogP) is 3.47. The molecule has 0 bridgehead atoms. The van der Waals surface area contributed by atoms with Gasteiger partial charge in [-0.15, -0.1) is 0 Å². The van der Waals surface area contributed by atoms with Crippen LogP contribution in [0.5, 0.6) is 5.75 Å². The molecule has 2 aromatic heterocycles. The van der Waals surface area contributed by atoms with Crippen LogP contribution in [0.4, 0.5) is 0 Å². The molecule has 0 aliphatic heterocycles. The van der Waals surface area contributed by atoms with Crippen molar-refractivity contribution >= 4 is 5.78 Å². The maximum atomic E-state index is 12.8. The molecule has 2 heterocycles. The summed E-state index contributed by atoms with van der Waals surface area (Å²) in [5.74, 6) is 0.976. The number of fused-ring (bicyclic) bond motifs is 1. The molecule has 1 N–H and O–H groups in total. The number of carbonyl (C=O) groups is 1. The Balaban J connectivity index is 1.64. The minimum atomic E-state index is -0.00985. The molecule has 0 fully saturated rings. The maximum Gasteiger partial charge on any atom is 0.166 e. The van der Waals surface area contributed by atoms with E-state index in [0.29, 0.717) is 0 Å². The third kappa shape index (κ3) is 2.82. The highest BCUT2D eigenvalue weighted by molar-refractivity contribution is 6.03. The van der Waals surface area contributed by atoms with Crippen molar-refractivity contribution in [3.8, 4) is 17.0 Å². The number of ether oxygens (including phenoxy) is 1. The molecule has 25 heavy (non-hydrogen) atoms. The number of methoxy groups -OCH3 is 1. The quantitative estimate of drug-likeness (QED) is 0.776. The Morgan fingerprint density at radius 3 is 2.88 bits per heavy atom. The average molecular weight is 333 g/mol. The Kier molecular flexibility index (Phi) is 4.06. The van der Waals surface area contributed by atoms with E-state index >= 15 is 0 Å². The summed E-state index contributed by atoms with van der Waals surface area (Å²) < 4.78 is 5.47. The number of benzene rings is 1. The first-order valence-corrected chi connectivity index (χ1v) is 8.42. The maximum absolute atomic E-state index is 12.8. The summed E-state index contributed by atoms with van der Waals surface area (Å²) in [5.41, 5.74) is 4.60. The number of Topliss-reactive ketones (excluding diaryl/α,β-unsaturated/α-hetero) is 1. The highest BCUT2D eigenvalue weighted by Crippen LogP contribution is 2.38. The monoisotopic (exact) mass is 333 g/mol. The number of aryl methyl sites for hydroxylation is 1. The smallest absolute Gasteiger partial charge is 0.166 e. The number of hydrogen-bond donors (Lipinski definition) is 1. The first kappa shape index (κ1) is 15.6. The van der Waals surface area contributed by atoms with Crippen LogP contribution in [0.15, 0.2) is 48.8 Å². The summed E-state index contributed by atoms with van der Waals surface area (Å²) in [6, 6.07) is 11.6. The largest absolute Gasteiger partial charge is 0.496 e. The minimum absolute atomic E-state index is 0.00985. The fraction of sp³-hybridized carbons (Fsp3) is 0.250. The zero-order valence-electron chi connectivity index (χ0n) is 14.0. The van der Waals surface area contributed by atoms with Crippen LogP contribution in [0.1, 0.15) is 28.0 Å². The third-order valence-corrected chi connectivity index (χ3v) is 4.81. The van der Waals surface area contributed by atoms with Crippen molar-refractivity contribution in [1.82, 2.24) is 15.2 Å². The van der Waals surface area contributed by atoms with Crippen molar-refractivity contribution in [2.24, 2.45) is 5.92 Å². The molecule has 1 aliphatic rings. The number of rotatable bonds is 5. The lowest BCUT2D eigenvalue weighted by Gasteiger charge is -2.11. The summed E-state index contributed by atoms with van der Waals surface area (Å²) in [5, 5.41) is 6.99. The van der Waals surface area contributed by atoms with Crippen LogP contribution < -0.4 is 4.74 Å². The number of hydrogen-bond acceptors (Lipinski definition) is 4.